The van der Waals surface area contributed by atoms with Crippen molar-refractivity contribution >= 4 is 40.2 Å². The van der Waals surface area contributed by atoms with Crippen molar-refractivity contribution < 1.29 is 23.5 Å². The van der Waals surface area contributed by atoms with Gasteiger partial charge in [0.25, 0.3) is 0 Å². The molecule has 0 heterocycles. The molecule has 1 amide bonds. The number of halogens is 1. The van der Waals surface area contributed by atoms with Gasteiger partial charge >= 0.3 is 12.1 Å². The first-order valence-corrected chi connectivity index (χ1v) is 15.3. The molecular weight excluding hydrogens is 536 g/mol. The molecule has 0 aliphatic carbocycles. The molecule has 212 valence electrons. The number of rotatable bonds is 8. The molecule has 0 bridgehead atoms. The quantitative estimate of drug-likeness (QED) is 0.204. The largest absolute Gasteiger partial charge is 0.463 e. The maximum absolute atomic E-state index is 14.4. The number of carbonyl (C=O) groups is 2. The molecule has 1 N–H and O–H groups in total. The Hall–Kier alpha value is -4.15. The van der Waals surface area contributed by atoms with Crippen LogP contribution >= 0.6 is 6.89 Å². The van der Waals surface area contributed by atoms with Gasteiger partial charge in [-0.3, -0.25) is 0 Å². The van der Waals surface area contributed by atoms with Crippen molar-refractivity contribution in [1.29, 1.82) is 0 Å². The van der Waals surface area contributed by atoms with Crippen LogP contribution < -0.4 is 21.2 Å². The average Bonchev–Trinajstić information content (AvgIpc) is 2.96. The lowest BCUT2D eigenvalue weighted by Crippen LogP contribution is -2.44. The predicted octanol–water partition coefficient (Wildman–Crippen LogP) is 6.12. The molecule has 7 heteroatoms. The third kappa shape index (κ3) is 6.78. The van der Waals surface area contributed by atoms with Crippen molar-refractivity contribution in [3.63, 3.8) is 0 Å². The van der Waals surface area contributed by atoms with Crippen molar-refractivity contribution in [1.82, 2.24) is 5.32 Å². The fourth-order valence-corrected chi connectivity index (χ4v) is 9.39. The van der Waals surface area contributed by atoms with Crippen LogP contribution in [-0.4, -0.2) is 29.6 Å². The van der Waals surface area contributed by atoms with E-state index < -0.39 is 36.4 Å². The lowest BCUT2D eigenvalue weighted by Gasteiger charge is -2.35. The Morgan fingerprint density at radius 3 is 1.59 bits per heavy atom. The summed E-state index contributed by atoms with van der Waals surface area (Å²) in [4.78, 5) is 27.7. The van der Waals surface area contributed by atoms with E-state index in [4.69, 9.17) is 9.47 Å². The zero-order valence-corrected chi connectivity index (χ0v) is 24.6. The minimum atomic E-state index is -3.01. The third-order valence-corrected chi connectivity index (χ3v) is 10.8. The van der Waals surface area contributed by atoms with Crippen LogP contribution in [0, 0.1) is 5.82 Å². The molecule has 41 heavy (non-hydrogen) atoms. The second-order valence-electron chi connectivity index (χ2n) is 10.4. The van der Waals surface area contributed by atoms with Gasteiger partial charge in [-0.05, 0) is 68.2 Å². The number of carbonyl (C=O) groups excluding carboxylic acids is 2. The van der Waals surface area contributed by atoms with Crippen LogP contribution in [0.5, 0.6) is 0 Å². The number of nitrogens with one attached hydrogen (secondary N) is 1. The molecule has 0 aliphatic heterocycles. The van der Waals surface area contributed by atoms with Gasteiger partial charge in [-0.1, -0.05) is 103 Å². The van der Waals surface area contributed by atoms with E-state index in [2.05, 4.69) is 5.32 Å². The Morgan fingerprint density at radius 1 is 0.756 bits per heavy atom. The summed E-state index contributed by atoms with van der Waals surface area (Å²) in [6, 6.07) is 34.2. The number of hydrogen-bond donors (Lipinski definition) is 1. The average molecular weight is 572 g/mol. The Labute approximate surface area is 241 Å². The van der Waals surface area contributed by atoms with E-state index in [1.807, 2.05) is 91.0 Å². The molecule has 0 unspecified atom stereocenters. The first kappa shape index (κ1) is 29.8. The van der Waals surface area contributed by atoms with E-state index in [1.165, 1.54) is 12.1 Å². The molecule has 0 saturated carbocycles. The number of esters is 1. The fourth-order valence-electron chi connectivity index (χ4n) is 4.86. The lowest BCUT2D eigenvalue weighted by molar-refractivity contribution is -0.135. The minimum absolute atomic E-state index is 0.128. The van der Waals surface area contributed by atoms with E-state index in [0.717, 1.165) is 15.9 Å². The smallest absolute Gasteiger partial charge is 0.408 e. The molecule has 0 radical (unpaired) electrons. The SMILES string of the molecule is CCOC(=O)C([C@H](NC(=O)OC(C)(C)C)c1ccc(F)cc1)=P(c1ccccc1)(c1ccccc1)c1ccccc1. The van der Waals surface area contributed by atoms with E-state index in [1.54, 1.807) is 39.8 Å². The number of hydrogen-bond acceptors (Lipinski definition) is 4. The van der Waals surface area contributed by atoms with Gasteiger partial charge < -0.3 is 14.8 Å². The molecule has 0 spiro atoms. The van der Waals surface area contributed by atoms with Gasteiger partial charge in [-0.2, -0.15) is 0 Å². The second kappa shape index (κ2) is 13.0. The van der Waals surface area contributed by atoms with Crippen molar-refractivity contribution in [2.75, 3.05) is 6.61 Å². The molecule has 0 saturated heterocycles. The summed E-state index contributed by atoms with van der Waals surface area (Å²) >= 11 is 0. The van der Waals surface area contributed by atoms with Gasteiger partial charge in [-0.15, -0.1) is 0 Å². The van der Waals surface area contributed by atoms with Crippen LogP contribution in [0.2, 0.25) is 0 Å². The molecular formula is C34H35FNO4P. The molecule has 0 fully saturated rings. The summed E-state index contributed by atoms with van der Waals surface area (Å²) < 4.78 is 25.6. The van der Waals surface area contributed by atoms with E-state index in [-0.39, 0.29) is 6.61 Å². The number of ether oxygens (including phenoxy) is 2. The van der Waals surface area contributed by atoms with Crippen molar-refractivity contribution in [3.05, 3.63) is 127 Å². The van der Waals surface area contributed by atoms with Gasteiger partial charge in [0.15, 0.2) is 0 Å². The maximum atomic E-state index is 14.4. The molecule has 0 aliphatic rings. The molecule has 4 aromatic carbocycles. The van der Waals surface area contributed by atoms with E-state index >= 15 is 0 Å². The van der Waals surface area contributed by atoms with Gasteiger partial charge in [0.2, 0.25) is 0 Å². The number of alkyl carbamates (subject to hydrolysis) is 1. The minimum Gasteiger partial charge on any atom is -0.463 e. The van der Waals surface area contributed by atoms with Crippen LogP contribution in [0.15, 0.2) is 115 Å². The maximum Gasteiger partial charge on any atom is 0.408 e. The summed E-state index contributed by atoms with van der Waals surface area (Å²) in [5.41, 5.74) is -0.265. The van der Waals surface area contributed by atoms with Gasteiger partial charge in [0.1, 0.15) is 11.4 Å². The van der Waals surface area contributed by atoms with Crippen LogP contribution in [-0.2, 0) is 14.3 Å². The van der Waals surface area contributed by atoms with Crippen molar-refractivity contribution in [2.45, 2.75) is 39.3 Å². The molecule has 4 rings (SSSR count). The highest BCUT2D eigenvalue weighted by atomic mass is 31.2. The highest BCUT2D eigenvalue weighted by Gasteiger charge is 2.39. The zero-order valence-electron chi connectivity index (χ0n) is 23.7. The summed E-state index contributed by atoms with van der Waals surface area (Å²) in [5, 5.41) is 6.02. The molecule has 5 nitrogen and oxygen atoms in total. The number of benzene rings is 4. The van der Waals surface area contributed by atoms with Gasteiger partial charge in [0, 0.05) is 0 Å². The summed E-state index contributed by atoms with van der Waals surface area (Å²) in [6.45, 7) is 4.17. The highest BCUT2D eigenvalue weighted by molar-refractivity contribution is 7.96. The number of amides is 1. The summed E-state index contributed by atoms with van der Waals surface area (Å²) in [7, 11) is 0. The Morgan fingerprint density at radius 2 is 1.20 bits per heavy atom. The second-order valence-corrected chi connectivity index (χ2v) is 13.8. The monoisotopic (exact) mass is 571 g/mol. The predicted molar refractivity (Wildman–Crippen MR) is 165 cm³/mol. The third-order valence-electron chi connectivity index (χ3n) is 6.41. The van der Waals surface area contributed by atoms with Crippen molar-refractivity contribution in [2.24, 2.45) is 0 Å². The van der Waals surface area contributed by atoms with Crippen LogP contribution in [0.25, 0.3) is 0 Å². The molecule has 4 aromatic rings. The Balaban J connectivity index is 2.23. The van der Waals surface area contributed by atoms with Gasteiger partial charge in [0.05, 0.1) is 17.9 Å². The Kier molecular flexibility index (Phi) is 9.46. The topological polar surface area (TPSA) is 64.6 Å². The van der Waals surface area contributed by atoms with Gasteiger partial charge in [-0.25, -0.2) is 14.0 Å². The van der Waals surface area contributed by atoms with E-state index in [0.29, 0.717) is 10.9 Å². The summed E-state index contributed by atoms with van der Waals surface area (Å²) in [5.74, 6) is -0.986. The van der Waals surface area contributed by atoms with Crippen LogP contribution in [0.3, 0.4) is 0 Å². The fraction of sp³-hybridized carbons (Fsp3) is 0.206. The van der Waals surface area contributed by atoms with E-state index in [9.17, 15) is 14.0 Å². The highest BCUT2D eigenvalue weighted by Crippen LogP contribution is 2.49. The summed E-state index contributed by atoms with van der Waals surface area (Å²) in [6.07, 6.45) is -0.707. The zero-order chi connectivity index (χ0) is 29.5. The first-order valence-electron chi connectivity index (χ1n) is 13.5. The van der Waals surface area contributed by atoms with Crippen molar-refractivity contribution in [3.8, 4) is 0 Å². The van der Waals surface area contributed by atoms with Crippen LogP contribution in [0.4, 0.5) is 9.18 Å². The molecule has 0 aromatic heterocycles. The standard InChI is InChI=1S/C34H35FNO4P/c1-5-39-32(37)31(30(25-21-23-26(35)24-22-25)36-33(38)40-34(2,3)4)41(27-15-9-6-10-16-27,28-17-11-7-12-18-28)29-19-13-8-14-20-29/h6-24,30H,5H2,1-4H3,(H,36,38)/t30-/m1/s1. The molecule has 1 atom stereocenters. The lowest BCUT2D eigenvalue weighted by atomic mass is 10.0. The Bertz CT molecular complexity index is 1410. The van der Waals surface area contributed by atoms with Crippen LogP contribution in [0.1, 0.15) is 39.3 Å². The normalized spacial score (nSPS) is 12.2. The first-order chi connectivity index (χ1) is 19.7.